The zero-order chi connectivity index (χ0) is 15.4. The van der Waals surface area contributed by atoms with Gasteiger partial charge in [0.05, 0.1) is 25.9 Å². The summed E-state index contributed by atoms with van der Waals surface area (Å²) in [6.07, 6.45) is 5.47. The van der Waals surface area contributed by atoms with Gasteiger partial charge in [0.15, 0.2) is 0 Å². The van der Waals surface area contributed by atoms with Gasteiger partial charge >= 0.3 is 0 Å². The van der Waals surface area contributed by atoms with Crippen molar-refractivity contribution in [2.75, 3.05) is 39.5 Å². The molecular weight excluding hydrogens is 280 g/mol. The van der Waals surface area contributed by atoms with Gasteiger partial charge in [-0.2, -0.15) is 0 Å². The molecule has 0 saturated carbocycles. The predicted octanol–water partition coefficient (Wildman–Crippen LogP) is 1.37. The highest BCUT2D eigenvalue weighted by Gasteiger charge is 2.22. The maximum atomic E-state index is 11.8. The predicted molar refractivity (Wildman–Crippen MR) is 85.3 cm³/mol. The van der Waals surface area contributed by atoms with Crippen molar-refractivity contribution in [3.05, 3.63) is 34.2 Å². The van der Waals surface area contributed by atoms with Crippen LogP contribution in [-0.2, 0) is 16.5 Å². The second kappa shape index (κ2) is 7.40. The van der Waals surface area contributed by atoms with E-state index in [1.165, 1.54) is 5.56 Å². The molecule has 0 amide bonds. The summed E-state index contributed by atoms with van der Waals surface area (Å²) in [6.45, 7) is 5.50. The summed E-state index contributed by atoms with van der Waals surface area (Å²) in [7, 11) is 1.80. The van der Waals surface area contributed by atoms with E-state index in [0.29, 0.717) is 5.92 Å². The van der Waals surface area contributed by atoms with Crippen LogP contribution in [-0.4, -0.2) is 55.0 Å². The van der Waals surface area contributed by atoms with Crippen molar-refractivity contribution >= 4 is 0 Å². The van der Waals surface area contributed by atoms with Crippen molar-refractivity contribution in [3.63, 3.8) is 0 Å². The Morgan fingerprint density at radius 2 is 2.09 bits per heavy atom. The summed E-state index contributed by atoms with van der Waals surface area (Å²) < 4.78 is 12.8. The van der Waals surface area contributed by atoms with E-state index in [1.54, 1.807) is 17.7 Å². The zero-order valence-electron chi connectivity index (χ0n) is 13.4. The van der Waals surface area contributed by atoms with Gasteiger partial charge < -0.3 is 18.9 Å². The Kier molecular flexibility index (Phi) is 5.28. The number of pyridine rings is 1. The van der Waals surface area contributed by atoms with E-state index in [0.717, 1.165) is 58.7 Å². The Labute approximate surface area is 131 Å². The number of nitrogens with zero attached hydrogens (tertiary/aromatic N) is 2. The molecule has 2 fully saturated rings. The molecule has 0 aliphatic carbocycles. The van der Waals surface area contributed by atoms with Crippen LogP contribution in [0, 0.1) is 0 Å². The van der Waals surface area contributed by atoms with Gasteiger partial charge in [-0.3, -0.25) is 4.79 Å². The molecule has 0 aromatic carbocycles. The normalized spacial score (nSPS) is 24.5. The molecule has 2 saturated heterocycles. The first-order valence-electron chi connectivity index (χ1n) is 8.30. The van der Waals surface area contributed by atoms with E-state index in [4.69, 9.17) is 9.47 Å². The van der Waals surface area contributed by atoms with Crippen LogP contribution < -0.4 is 5.56 Å². The second-order valence-corrected chi connectivity index (χ2v) is 6.38. The standard InChI is InChI=1S/C17H26N2O3/c1-18-6-2-15(12-17(18)20)14-3-7-19(8-4-14)9-5-16-13-21-10-11-22-16/h2,6,12,14,16H,3-5,7-11,13H2,1H3. The molecule has 1 atom stereocenters. The fraction of sp³-hybridized carbons (Fsp3) is 0.706. The van der Waals surface area contributed by atoms with Crippen molar-refractivity contribution in [3.8, 4) is 0 Å². The molecule has 5 nitrogen and oxygen atoms in total. The van der Waals surface area contributed by atoms with E-state index in [1.807, 2.05) is 6.20 Å². The fourth-order valence-corrected chi connectivity index (χ4v) is 3.34. The SMILES string of the molecule is Cn1ccc(C2CCN(CCC3COCCO3)CC2)cc1=O. The Morgan fingerprint density at radius 3 is 2.77 bits per heavy atom. The lowest BCUT2D eigenvalue weighted by atomic mass is 9.90. The Balaban J connectivity index is 1.45. The minimum Gasteiger partial charge on any atom is -0.376 e. The van der Waals surface area contributed by atoms with Gasteiger partial charge in [0.2, 0.25) is 0 Å². The van der Waals surface area contributed by atoms with Crippen molar-refractivity contribution in [1.29, 1.82) is 0 Å². The second-order valence-electron chi connectivity index (χ2n) is 6.38. The van der Waals surface area contributed by atoms with Crippen molar-refractivity contribution < 1.29 is 9.47 Å². The van der Waals surface area contributed by atoms with Gasteiger partial charge in [-0.1, -0.05) is 0 Å². The average Bonchev–Trinajstić information content (AvgIpc) is 2.57. The van der Waals surface area contributed by atoms with E-state index < -0.39 is 0 Å². The minimum absolute atomic E-state index is 0.0920. The molecule has 1 unspecified atom stereocenters. The van der Waals surface area contributed by atoms with Crippen molar-refractivity contribution in [1.82, 2.24) is 9.47 Å². The van der Waals surface area contributed by atoms with Gasteiger partial charge in [0.1, 0.15) is 0 Å². The van der Waals surface area contributed by atoms with Crippen LogP contribution in [0.25, 0.3) is 0 Å². The van der Waals surface area contributed by atoms with Crippen LogP contribution >= 0.6 is 0 Å². The van der Waals surface area contributed by atoms with Crippen LogP contribution in [0.4, 0.5) is 0 Å². The molecule has 2 aliphatic rings. The number of hydrogen-bond acceptors (Lipinski definition) is 4. The molecule has 22 heavy (non-hydrogen) atoms. The molecule has 0 spiro atoms. The summed E-state index contributed by atoms with van der Waals surface area (Å²) in [5.41, 5.74) is 1.29. The van der Waals surface area contributed by atoms with Crippen molar-refractivity contribution in [2.45, 2.75) is 31.3 Å². The molecular formula is C17H26N2O3. The zero-order valence-corrected chi connectivity index (χ0v) is 13.4. The monoisotopic (exact) mass is 306 g/mol. The van der Waals surface area contributed by atoms with Gasteiger partial charge in [-0.25, -0.2) is 0 Å². The van der Waals surface area contributed by atoms with E-state index in [-0.39, 0.29) is 11.7 Å². The minimum atomic E-state index is 0.0920. The quantitative estimate of drug-likeness (QED) is 0.843. The molecule has 0 radical (unpaired) electrons. The third-order valence-corrected chi connectivity index (χ3v) is 4.84. The molecule has 0 N–H and O–H groups in total. The molecule has 2 aliphatic heterocycles. The molecule has 0 bridgehead atoms. The number of likely N-dealkylation sites (tertiary alicyclic amines) is 1. The maximum Gasteiger partial charge on any atom is 0.250 e. The Hall–Kier alpha value is -1.17. The van der Waals surface area contributed by atoms with Crippen molar-refractivity contribution in [2.24, 2.45) is 7.05 Å². The fourth-order valence-electron chi connectivity index (χ4n) is 3.34. The van der Waals surface area contributed by atoms with Gasteiger partial charge in [0, 0.05) is 25.9 Å². The van der Waals surface area contributed by atoms with Crippen LogP contribution in [0.2, 0.25) is 0 Å². The Bertz CT molecular complexity index is 529. The van der Waals surface area contributed by atoms with E-state index in [2.05, 4.69) is 11.0 Å². The van der Waals surface area contributed by atoms with Crippen LogP contribution in [0.1, 0.15) is 30.7 Å². The summed E-state index contributed by atoms with van der Waals surface area (Å²) in [5, 5.41) is 0. The number of ether oxygens (including phenoxy) is 2. The molecule has 5 heteroatoms. The molecule has 1 aromatic heterocycles. The molecule has 3 heterocycles. The van der Waals surface area contributed by atoms with Gasteiger partial charge in [0.25, 0.3) is 5.56 Å². The average molecular weight is 306 g/mol. The van der Waals surface area contributed by atoms with E-state index >= 15 is 0 Å². The highest BCUT2D eigenvalue weighted by atomic mass is 16.6. The highest BCUT2D eigenvalue weighted by Crippen LogP contribution is 2.27. The lowest BCUT2D eigenvalue weighted by molar-refractivity contribution is -0.0930. The maximum absolute atomic E-state index is 11.8. The highest BCUT2D eigenvalue weighted by molar-refractivity contribution is 5.17. The van der Waals surface area contributed by atoms with Gasteiger partial charge in [-0.15, -0.1) is 0 Å². The molecule has 122 valence electrons. The molecule has 3 rings (SSSR count). The number of rotatable bonds is 4. The van der Waals surface area contributed by atoms with E-state index in [9.17, 15) is 4.79 Å². The summed E-state index contributed by atoms with van der Waals surface area (Å²) in [4.78, 5) is 14.3. The molecule has 1 aromatic rings. The number of aryl methyl sites for hydroxylation is 1. The number of aromatic nitrogens is 1. The summed E-state index contributed by atoms with van der Waals surface area (Å²) in [6, 6.07) is 3.89. The summed E-state index contributed by atoms with van der Waals surface area (Å²) >= 11 is 0. The lowest BCUT2D eigenvalue weighted by Gasteiger charge is -2.33. The third kappa shape index (κ3) is 3.97. The third-order valence-electron chi connectivity index (χ3n) is 4.84. The first-order chi connectivity index (χ1) is 10.7. The topological polar surface area (TPSA) is 43.7 Å². The van der Waals surface area contributed by atoms with Gasteiger partial charge in [-0.05, 0) is 49.9 Å². The first-order valence-corrected chi connectivity index (χ1v) is 8.30. The largest absolute Gasteiger partial charge is 0.376 e. The van der Waals surface area contributed by atoms with Crippen LogP contribution in [0.5, 0.6) is 0 Å². The van der Waals surface area contributed by atoms with Crippen LogP contribution in [0.3, 0.4) is 0 Å². The summed E-state index contributed by atoms with van der Waals surface area (Å²) in [5.74, 6) is 0.527. The first kappa shape index (κ1) is 15.7. The number of piperidine rings is 1. The van der Waals surface area contributed by atoms with Crippen LogP contribution in [0.15, 0.2) is 23.1 Å². The Morgan fingerprint density at radius 1 is 1.27 bits per heavy atom. The number of hydrogen-bond donors (Lipinski definition) is 0. The lowest BCUT2D eigenvalue weighted by Crippen LogP contribution is -2.37. The smallest absolute Gasteiger partial charge is 0.250 e.